The SMILES string of the molecule is CCc1nc(C(Cl)(Cl)Cl)nc(N)c1I. The molecule has 0 fully saturated rings. The van der Waals surface area contributed by atoms with E-state index in [2.05, 4.69) is 32.6 Å². The highest BCUT2D eigenvalue weighted by atomic mass is 127. The summed E-state index contributed by atoms with van der Waals surface area (Å²) >= 11 is 19.0. The van der Waals surface area contributed by atoms with Gasteiger partial charge in [-0.25, -0.2) is 9.97 Å². The van der Waals surface area contributed by atoms with Crippen molar-refractivity contribution in [1.82, 2.24) is 9.97 Å². The second-order valence-corrected chi connectivity index (χ2v) is 5.90. The van der Waals surface area contributed by atoms with Crippen LogP contribution in [-0.2, 0) is 10.2 Å². The summed E-state index contributed by atoms with van der Waals surface area (Å²) in [5.41, 5.74) is 6.45. The third kappa shape index (κ3) is 2.74. The van der Waals surface area contributed by atoms with Gasteiger partial charge in [-0.15, -0.1) is 0 Å². The fourth-order valence-corrected chi connectivity index (χ4v) is 1.75. The van der Waals surface area contributed by atoms with E-state index in [1.54, 1.807) is 0 Å². The molecule has 0 unspecified atom stereocenters. The first kappa shape index (κ1) is 12.5. The van der Waals surface area contributed by atoms with Crippen LogP contribution in [-0.4, -0.2) is 9.97 Å². The number of rotatable bonds is 1. The Morgan fingerprint density at radius 3 is 2.36 bits per heavy atom. The number of nitrogens with two attached hydrogens (primary N) is 1. The van der Waals surface area contributed by atoms with E-state index in [0.717, 1.165) is 15.7 Å². The van der Waals surface area contributed by atoms with Crippen LogP contribution in [0.1, 0.15) is 18.4 Å². The smallest absolute Gasteiger partial charge is 0.250 e. The van der Waals surface area contributed by atoms with Gasteiger partial charge < -0.3 is 5.73 Å². The summed E-state index contributed by atoms with van der Waals surface area (Å²) in [6.45, 7) is 1.95. The molecule has 0 aromatic carbocycles. The zero-order valence-electron chi connectivity index (χ0n) is 7.19. The number of aromatic nitrogens is 2. The molecule has 1 aromatic heterocycles. The summed E-state index contributed by atoms with van der Waals surface area (Å²) in [6.07, 6.45) is 0.721. The summed E-state index contributed by atoms with van der Waals surface area (Å²) in [4.78, 5) is 8.04. The van der Waals surface area contributed by atoms with Crippen LogP contribution in [0.2, 0.25) is 0 Å². The number of nitrogens with zero attached hydrogens (tertiary/aromatic N) is 2. The molecule has 1 aromatic rings. The first-order valence-electron chi connectivity index (χ1n) is 3.75. The molecule has 0 aliphatic rings. The Balaban J connectivity index is 3.30. The lowest BCUT2D eigenvalue weighted by Gasteiger charge is -2.12. The maximum atomic E-state index is 5.66. The number of hydrogen-bond acceptors (Lipinski definition) is 3. The van der Waals surface area contributed by atoms with Crippen molar-refractivity contribution in [3.05, 3.63) is 15.1 Å². The fourth-order valence-electron chi connectivity index (χ4n) is 0.874. The van der Waals surface area contributed by atoms with Crippen LogP contribution < -0.4 is 5.73 Å². The van der Waals surface area contributed by atoms with Crippen LogP contribution in [0, 0.1) is 3.57 Å². The number of alkyl halides is 3. The van der Waals surface area contributed by atoms with E-state index in [1.165, 1.54) is 0 Å². The number of nitrogen functional groups attached to an aromatic ring is 1. The molecule has 7 heteroatoms. The molecule has 0 atom stereocenters. The second kappa shape index (κ2) is 4.55. The monoisotopic (exact) mass is 365 g/mol. The highest BCUT2D eigenvalue weighted by Gasteiger charge is 2.28. The number of halogens is 4. The van der Waals surface area contributed by atoms with Crippen molar-refractivity contribution in [2.75, 3.05) is 5.73 Å². The standard InChI is InChI=1S/C7H7Cl3IN3/c1-2-3-4(11)5(12)14-6(13-3)7(8,9)10/h2H2,1H3,(H2,12,13,14). The van der Waals surface area contributed by atoms with E-state index >= 15 is 0 Å². The van der Waals surface area contributed by atoms with Crippen LogP contribution in [0.4, 0.5) is 5.82 Å². The molecule has 0 saturated carbocycles. The predicted octanol–water partition coefficient (Wildman–Crippen LogP) is 3.05. The van der Waals surface area contributed by atoms with Gasteiger partial charge in [0.15, 0.2) is 5.82 Å². The van der Waals surface area contributed by atoms with E-state index in [-0.39, 0.29) is 5.82 Å². The number of anilines is 1. The zero-order valence-corrected chi connectivity index (χ0v) is 11.6. The summed E-state index contributed by atoms with van der Waals surface area (Å²) in [5, 5.41) is 0. The first-order valence-corrected chi connectivity index (χ1v) is 5.96. The Morgan fingerprint density at radius 2 is 1.93 bits per heavy atom. The highest BCUT2D eigenvalue weighted by Crippen LogP contribution is 2.36. The Bertz CT molecular complexity index is 351. The van der Waals surface area contributed by atoms with Crippen molar-refractivity contribution < 1.29 is 0 Å². The van der Waals surface area contributed by atoms with Crippen LogP contribution in [0.25, 0.3) is 0 Å². The summed E-state index contributed by atoms with van der Waals surface area (Å²) in [5.74, 6) is 0.469. The molecule has 0 spiro atoms. The Kier molecular flexibility index (Phi) is 4.08. The molecular weight excluding hydrogens is 359 g/mol. The third-order valence-electron chi connectivity index (χ3n) is 1.53. The zero-order chi connectivity index (χ0) is 10.9. The van der Waals surface area contributed by atoms with Crippen LogP contribution >= 0.6 is 57.4 Å². The molecular formula is C7H7Cl3IN3. The fraction of sp³-hybridized carbons (Fsp3) is 0.429. The molecule has 0 saturated heterocycles. The average Bonchev–Trinajstić information content (AvgIpc) is 2.07. The third-order valence-corrected chi connectivity index (χ3v) is 3.22. The highest BCUT2D eigenvalue weighted by molar-refractivity contribution is 14.1. The van der Waals surface area contributed by atoms with Gasteiger partial charge in [-0.3, -0.25) is 0 Å². The van der Waals surface area contributed by atoms with Gasteiger partial charge in [-0.1, -0.05) is 41.7 Å². The lowest BCUT2D eigenvalue weighted by atomic mass is 10.3. The second-order valence-electron chi connectivity index (χ2n) is 2.54. The minimum atomic E-state index is -1.62. The van der Waals surface area contributed by atoms with E-state index in [0.29, 0.717) is 5.82 Å². The van der Waals surface area contributed by atoms with Crippen molar-refractivity contribution in [2.45, 2.75) is 17.1 Å². The molecule has 0 aliphatic heterocycles. The maximum absolute atomic E-state index is 5.66. The minimum absolute atomic E-state index is 0.122. The summed E-state index contributed by atoms with van der Waals surface area (Å²) in [6, 6.07) is 0. The van der Waals surface area contributed by atoms with Crippen molar-refractivity contribution in [3.8, 4) is 0 Å². The van der Waals surface area contributed by atoms with Crippen molar-refractivity contribution in [3.63, 3.8) is 0 Å². The van der Waals surface area contributed by atoms with Crippen LogP contribution in [0.5, 0.6) is 0 Å². The molecule has 0 bridgehead atoms. The Morgan fingerprint density at radius 1 is 1.36 bits per heavy atom. The average molecular weight is 366 g/mol. The van der Waals surface area contributed by atoms with Crippen LogP contribution in [0.3, 0.4) is 0 Å². The van der Waals surface area contributed by atoms with Crippen molar-refractivity contribution in [2.24, 2.45) is 0 Å². The molecule has 0 radical (unpaired) electrons. The van der Waals surface area contributed by atoms with E-state index in [9.17, 15) is 0 Å². The molecule has 1 heterocycles. The van der Waals surface area contributed by atoms with Crippen LogP contribution in [0.15, 0.2) is 0 Å². The van der Waals surface area contributed by atoms with Crippen molar-refractivity contribution >= 4 is 63.2 Å². The molecule has 0 amide bonds. The van der Waals surface area contributed by atoms with Gasteiger partial charge in [-0.2, -0.15) is 0 Å². The summed E-state index contributed by atoms with van der Waals surface area (Å²) < 4.78 is -0.814. The Hall–Kier alpha value is 0.480. The Labute approximate surface area is 110 Å². The van der Waals surface area contributed by atoms with Gasteiger partial charge in [0.2, 0.25) is 3.79 Å². The molecule has 14 heavy (non-hydrogen) atoms. The largest absolute Gasteiger partial charge is 0.383 e. The minimum Gasteiger partial charge on any atom is -0.383 e. The molecule has 0 aliphatic carbocycles. The van der Waals surface area contributed by atoms with E-state index in [1.807, 2.05) is 6.92 Å². The normalized spacial score (nSPS) is 11.8. The molecule has 2 N–H and O–H groups in total. The first-order chi connectivity index (χ1) is 6.36. The number of aryl methyl sites for hydroxylation is 1. The van der Waals surface area contributed by atoms with Gasteiger partial charge in [0, 0.05) is 0 Å². The molecule has 78 valence electrons. The van der Waals surface area contributed by atoms with Gasteiger partial charge >= 0.3 is 0 Å². The molecule has 1 rings (SSSR count). The number of hydrogen-bond donors (Lipinski definition) is 1. The summed E-state index contributed by atoms with van der Waals surface area (Å²) in [7, 11) is 0. The quantitative estimate of drug-likeness (QED) is 0.614. The lowest BCUT2D eigenvalue weighted by Crippen LogP contribution is -2.13. The van der Waals surface area contributed by atoms with Crippen molar-refractivity contribution in [1.29, 1.82) is 0 Å². The predicted molar refractivity (Wildman–Crippen MR) is 67.8 cm³/mol. The van der Waals surface area contributed by atoms with Gasteiger partial charge in [0.1, 0.15) is 5.82 Å². The van der Waals surface area contributed by atoms with Gasteiger partial charge in [0.25, 0.3) is 0 Å². The maximum Gasteiger partial charge on any atom is 0.250 e. The van der Waals surface area contributed by atoms with Gasteiger partial charge in [0.05, 0.1) is 9.26 Å². The van der Waals surface area contributed by atoms with Gasteiger partial charge in [-0.05, 0) is 29.0 Å². The van der Waals surface area contributed by atoms with E-state index < -0.39 is 3.79 Å². The van der Waals surface area contributed by atoms with E-state index in [4.69, 9.17) is 40.5 Å². The lowest BCUT2D eigenvalue weighted by molar-refractivity contribution is 0.899. The topological polar surface area (TPSA) is 51.8 Å². The molecule has 3 nitrogen and oxygen atoms in total.